The number of carbonyl (C=O) groups excluding carboxylic acids is 2. The standard InChI is InChI=1S/C17H20N4O7S/c1-2-27-14-11-18-17(28-14)16(23)20-19-15(22)12-3-5-13(6-4-12)29(24,25)21-7-9-26-10-8-21/h3-6,11H,2,7-10H2,1H3,(H,19,22)(H,20,23). The van der Waals surface area contributed by atoms with Crippen LogP contribution in [0.3, 0.4) is 0 Å². The van der Waals surface area contributed by atoms with Gasteiger partial charge in [0, 0.05) is 18.7 Å². The fourth-order valence-electron chi connectivity index (χ4n) is 2.53. The average molecular weight is 424 g/mol. The van der Waals surface area contributed by atoms with Gasteiger partial charge in [0.05, 0.1) is 24.7 Å². The summed E-state index contributed by atoms with van der Waals surface area (Å²) in [6.07, 6.45) is 1.24. The molecule has 1 fully saturated rings. The van der Waals surface area contributed by atoms with Crippen LogP contribution in [0.4, 0.5) is 0 Å². The minimum absolute atomic E-state index is 0.0724. The van der Waals surface area contributed by atoms with Crippen molar-refractivity contribution in [3.05, 3.63) is 41.9 Å². The average Bonchev–Trinajstić information content (AvgIpc) is 3.21. The van der Waals surface area contributed by atoms with Crippen LogP contribution in [-0.4, -0.2) is 62.4 Å². The first-order chi connectivity index (χ1) is 13.9. The van der Waals surface area contributed by atoms with E-state index in [1.54, 1.807) is 6.92 Å². The van der Waals surface area contributed by atoms with Crippen LogP contribution in [0.2, 0.25) is 0 Å². The molecule has 1 aliphatic heterocycles. The molecule has 1 saturated heterocycles. The number of sulfonamides is 1. The summed E-state index contributed by atoms with van der Waals surface area (Å²) in [6.45, 7) is 3.35. The van der Waals surface area contributed by atoms with Crippen LogP contribution in [0, 0.1) is 0 Å². The smallest absolute Gasteiger partial charge is 0.325 e. The fourth-order valence-corrected chi connectivity index (χ4v) is 3.93. The van der Waals surface area contributed by atoms with E-state index in [0.29, 0.717) is 19.8 Å². The van der Waals surface area contributed by atoms with Gasteiger partial charge >= 0.3 is 11.9 Å². The maximum Gasteiger partial charge on any atom is 0.325 e. The Morgan fingerprint density at radius 2 is 1.79 bits per heavy atom. The van der Waals surface area contributed by atoms with E-state index in [9.17, 15) is 18.0 Å². The first-order valence-corrected chi connectivity index (χ1v) is 10.2. The van der Waals surface area contributed by atoms with Crippen molar-refractivity contribution >= 4 is 21.8 Å². The SMILES string of the molecule is CCOc1cnc(C(=O)NNC(=O)c2ccc(S(=O)(=O)N3CCOCC3)cc2)o1. The number of oxazole rings is 1. The minimum Gasteiger partial charge on any atom is -0.464 e. The van der Waals surface area contributed by atoms with Gasteiger partial charge < -0.3 is 13.9 Å². The number of benzene rings is 1. The van der Waals surface area contributed by atoms with Crippen LogP contribution in [-0.2, 0) is 14.8 Å². The molecule has 2 heterocycles. The van der Waals surface area contributed by atoms with Crippen molar-refractivity contribution in [2.45, 2.75) is 11.8 Å². The molecule has 29 heavy (non-hydrogen) atoms. The van der Waals surface area contributed by atoms with Crippen molar-refractivity contribution in [2.24, 2.45) is 0 Å². The van der Waals surface area contributed by atoms with Gasteiger partial charge in [-0.15, -0.1) is 0 Å². The second-order valence-corrected chi connectivity index (χ2v) is 7.80. The maximum atomic E-state index is 12.6. The zero-order chi connectivity index (χ0) is 20.9. The predicted octanol–water partition coefficient (Wildman–Crippen LogP) is 0.169. The second-order valence-electron chi connectivity index (χ2n) is 5.87. The number of ether oxygens (including phenoxy) is 2. The van der Waals surface area contributed by atoms with Gasteiger partial charge in [-0.25, -0.2) is 13.4 Å². The molecule has 1 aliphatic rings. The zero-order valence-electron chi connectivity index (χ0n) is 15.6. The molecule has 2 amide bonds. The molecule has 0 saturated carbocycles. The highest BCUT2D eigenvalue weighted by Gasteiger charge is 2.26. The maximum absolute atomic E-state index is 12.6. The molecule has 0 unspecified atom stereocenters. The summed E-state index contributed by atoms with van der Waals surface area (Å²) in [7, 11) is -3.65. The highest BCUT2D eigenvalue weighted by atomic mass is 32.2. The van der Waals surface area contributed by atoms with Crippen molar-refractivity contribution in [3.63, 3.8) is 0 Å². The number of carbonyl (C=O) groups is 2. The summed E-state index contributed by atoms with van der Waals surface area (Å²) >= 11 is 0. The van der Waals surface area contributed by atoms with E-state index in [-0.39, 0.29) is 35.4 Å². The Morgan fingerprint density at radius 1 is 1.14 bits per heavy atom. The third-order valence-electron chi connectivity index (χ3n) is 3.98. The molecule has 2 aromatic rings. The van der Waals surface area contributed by atoms with Crippen molar-refractivity contribution in [1.29, 1.82) is 0 Å². The number of rotatable bonds is 6. The lowest BCUT2D eigenvalue weighted by Crippen LogP contribution is -2.42. The number of nitrogens with one attached hydrogen (secondary N) is 2. The number of morpholine rings is 1. The van der Waals surface area contributed by atoms with Crippen molar-refractivity contribution in [1.82, 2.24) is 20.1 Å². The third-order valence-corrected chi connectivity index (χ3v) is 5.89. The van der Waals surface area contributed by atoms with Gasteiger partial charge in [0.15, 0.2) is 0 Å². The Kier molecular flexibility index (Phi) is 6.46. The van der Waals surface area contributed by atoms with Gasteiger partial charge in [0.25, 0.3) is 11.8 Å². The Labute approximate surface area is 167 Å². The van der Waals surface area contributed by atoms with E-state index in [2.05, 4.69) is 15.8 Å². The largest absolute Gasteiger partial charge is 0.464 e. The van der Waals surface area contributed by atoms with Gasteiger partial charge in [-0.2, -0.15) is 4.31 Å². The van der Waals surface area contributed by atoms with E-state index in [1.807, 2.05) is 0 Å². The normalized spacial score (nSPS) is 14.9. The van der Waals surface area contributed by atoms with Crippen LogP contribution < -0.4 is 15.6 Å². The van der Waals surface area contributed by atoms with Crippen LogP contribution >= 0.6 is 0 Å². The Morgan fingerprint density at radius 3 is 2.45 bits per heavy atom. The number of hydrogen-bond acceptors (Lipinski definition) is 8. The van der Waals surface area contributed by atoms with E-state index in [4.69, 9.17) is 13.9 Å². The van der Waals surface area contributed by atoms with Gasteiger partial charge in [-0.05, 0) is 31.2 Å². The lowest BCUT2D eigenvalue weighted by Gasteiger charge is -2.26. The van der Waals surface area contributed by atoms with Gasteiger partial charge in [-0.1, -0.05) is 0 Å². The van der Waals surface area contributed by atoms with E-state index >= 15 is 0 Å². The van der Waals surface area contributed by atoms with Crippen LogP contribution in [0.1, 0.15) is 28.0 Å². The quantitative estimate of drug-likeness (QED) is 0.626. The second kappa shape index (κ2) is 9.03. The molecule has 0 atom stereocenters. The van der Waals surface area contributed by atoms with Gasteiger partial charge in [-0.3, -0.25) is 20.4 Å². The molecule has 0 spiro atoms. The van der Waals surface area contributed by atoms with Gasteiger partial charge in [0.1, 0.15) is 6.20 Å². The number of aromatic nitrogens is 1. The number of nitrogens with zero attached hydrogens (tertiary/aromatic N) is 2. The van der Waals surface area contributed by atoms with Crippen LogP contribution in [0.5, 0.6) is 5.95 Å². The molecular weight excluding hydrogens is 404 g/mol. The van der Waals surface area contributed by atoms with E-state index < -0.39 is 21.8 Å². The topological polar surface area (TPSA) is 140 Å². The third kappa shape index (κ3) is 4.91. The Balaban J connectivity index is 1.59. The molecule has 3 rings (SSSR count). The lowest BCUT2D eigenvalue weighted by atomic mass is 10.2. The first-order valence-electron chi connectivity index (χ1n) is 8.79. The molecule has 0 aliphatic carbocycles. The minimum atomic E-state index is -3.65. The fraction of sp³-hybridized carbons (Fsp3) is 0.353. The highest BCUT2D eigenvalue weighted by molar-refractivity contribution is 7.89. The molecule has 0 radical (unpaired) electrons. The Hall–Kier alpha value is -2.96. The molecule has 2 N–H and O–H groups in total. The summed E-state index contributed by atoms with van der Waals surface area (Å²) in [5.74, 6) is -1.59. The zero-order valence-corrected chi connectivity index (χ0v) is 16.4. The number of hydrogen-bond donors (Lipinski definition) is 2. The Bertz CT molecular complexity index is 966. The molecule has 0 bridgehead atoms. The monoisotopic (exact) mass is 424 g/mol. The highest BCUT2D eigenvalue weighted by Crippen LogP contribution is 2.17. The molecule has 11 nitrogen and oxygen atoms in total. The van der Waals surface area contributed by atoms with Crippen molar-refractivity contribution < 1.29 is 31.9 Å². The first kappa shape index (κ1) is 20.8. The van der Waals surface area contributed by atoms with Crippen LogP contribution in [0.15, 0.2) is 39.8 Å². The number of hydrazine groups is 1. The molecule has 156 valence electrons. The predicted molar refractivity (Wildman–Crippen MR) is 98.6 cm³/mol. The summed E-state index contributed by atoms with van der Waals surface area (Å²) in [5.41, 5.74) is 4.52. The summed E-state index contributed by atoms with van der Waals surface area (Å²) in [5, 5.41) is 0. The lowest BCUT2D eigenvalue weighted by molar-refractivity contribution is 0.0730. The summed E-state index contributed by atoms with van der Waals surface area (Å²) in [6, 6.07) is 5.38. The molecule has 1 aromatic carbocycles. The van der Waals surface area contributed by atoms with E-state index in [1.165, 1.54) is 34.8 Å². The van der Waals surface area contributed by atoms with Crippen molar-refractivity contribution in [2.75, 3.05) is 32.9 Å². The molecular formula is C17H20N4O7S. The summed E-state index contributed by atoms with van der Waals surface area (Å²) in [4.78, 5) is 27.9. The molecule has 1 aromatic heterocycles. The van der Waals surface area contributed by atoms with Gasteiger partial charge in [0.2, 0.25) is 10.0 Å². The molecule has 12 heteroatoms. The van der Waals surface area contributed by atoms with Crippen LogP contribution in [0.25, 0.3) is 0 Å². The summed E-state index contributed by atoms with van der Waals surface area (Å²) < 4.78 is 41.8. The van der Waals surface area contributed by atoms with Crippen molar-refractivity contribution in [3.8, 4) is 5.95 Å². The number of amides is 2. The van der Waals surface area contributed by atoms with E-state index in [0.717, 1.165) is 0 Å².